The van der Waals surface area contributed by atoms with Crippen molar-refractivity contribution in [3.8, 4) is 0 Å². The normalized spacial score (nSPS) is 12.4. The number of pyridine rings is 1. The molecule has 0 radical (unpaired) electrons. The van der Waals surface area contributed by atoms with Gasteiger partial charge in [0.2, 0.25) is 0 Å². The van der Waals surface area contributed by atoms with E-state index in [9.17, 15) is 4.79 Å². The number of H-pyrrole nitrogens is 1. The molecule has 0 saturated carbocycles. The van der Waals surface area contributed by atoms with Crippen molar-refractivity contribution in [1.29, 1.82) is 0 Å². The zero-order valence-electron chi connectivity index (χ0n) is 12.0. The Labute approximate surface area is 135 Å². The largest absolute Gasteiger partial charge is 0.480 e. The molecule has 0 aliphatic heterocycles. The predicted octanol–water partition coefficient (Wildman–Crippen LogP) is 0.995. The SMILES string of the molecule is NC(Cc1cccc(CSc2ncnc3[nH]ncc23)n1)C(=O)O. The fourth-order valence-electron chi connectivity index (χ4n) is 2.04. The van der Waals surface area contributed by atoms with Crippen LogP contribution in [-0.2, 0) is 17.0 Å². The van der Waals surface area contributed by atoms with Crippen LogP contribution in [0.1, 0.15) is 11.4 Å². The van der Waals surface area contributed by atoms with Gasteiger partial charge < -0.3 is 10.8 Å². The molecule has 3 aromatic heterocycles. The average molecular weight is 330 g/mol. The Morgan fingerprint density at radius 1 is 1.35 bits per heavy atom. The summed E-state index contributed by atoms with van der Waals surface area (Å²) < 4.78 is 0. The summed E-state index contributed by atoms with van der Waals surface area (Å²) in [5, 5.41) is 17.3. The molecule has 0 aliphatic rings. The molecule has 0 saturated heterocycles. The van der Waals surface area contributed by atoms with Gasteiger partial charge in [0, 0.05) is 17.9 Å². The Hall–Kier alpha value is -2.52. The molecule has 3 rings (SSSR count). The van der Waals surface area contributed by atoms with Gasteiger partial charge in [-0.25, -0.2) is 9.97 Å². The molecular formula is C14H14N6O2S. The molecular weight excluding hydrogens is 316 g/mol. The first-order valence-electron chi connectivity index (χ1n) is 6.83. The number of carbonyl (C=O) groups is 1. The number of carboxylic acid groups (broad SMARTS) is 1. The average Bonchev–Trinajstić information content (AvgIpc) is 3.02. The van der Waals surface area contributed by atoms with E-state index in [1.807, 2.05) is 12.1 Å². The van der Waals surface area contributed by atoms with Crippen molar-refractivity contribution >= 4 is 28.8 Å². The quantitative estimate of drug-likeness (QED) is 0.450. The summed E-state index contributed by atoms with van der Waals surface area (Å²) in [5.74, 6) is -0.428. The van der Waals surface area contributed by atoms with Crippen molar-refractivity contribution in [2.75, 3.05) is 0 Å². The smallest absolute Gasteiger partial charge is 0.320 e. The van der Waals surface area contributed by atoms with Gasteiger partial charge in [-0.2, -0.15) is 5.10 Å². The Morgan fingerprint density at radius 3 is 3.00 bits per heavy atom. The zero-order valence-corrected chi connectivity index (χ0v) is 12.8. The third-order valence-corrected chi connectivity index (χ3v) is 4.22. The predicted molar refractivity (Wildman–Crippen MR) is 84.8 cm³/mol. The van der Waals surface area contributed by atoms with Crippen molar-refractivity contribution < 1.29 is 9.90 Å². The van der Waals surface area contributed by atoms with E-state index in [0.29, 0.717) is 17.1 Å². The number of aromatic amines is 1. The van der Waals surface area contributed by atoms with Crippen molar-refractivity contribution in [2.45, 2.75) is 23.2 Å². The Morgan fingerprint density at radius 2 is 2.17 bits per heavy atom. The lowest BCUT2D eigenvalue weighted by Crippen LogP contribution is -2.32. The first-order valence-corrected chi connectivity index (χ1v) is 7.82. The Kier molecular flexibility index (Phi) is 4.49. The summed E-state index contributed by atoms with van der Waals surface area (Å²) in [6.07, 6.45) is 3.37. The van der Waals surface area contributed by atoms with E-state index in [4.69, 9.17) is 10.8 Å². The lowest BCUT2D eigenvalue weighted by molar-refractivity contribution is -0.138. The highest BCUT2D eigenvalue weighted by atomic mass is 32.2. The van der Waals surface area contributed by atoms with Crippen LogP contribution in [0.5, 0.6) is 0 Å². The summed E-state index contributed by atoms with van der Waals surface area (Å²) in [6, 6.07) is 4.56. The van der Waals surface area contributed by atoms with Gasteiger partial charge in [-0.1, -0.05) is 17.8 Å². The molecule has 118 valence electrons. The fraction of sp³-hybridized carbons (Fsp3) is 0.214. The number of thioether (sulfide) groups is 1. The van der Waals surface area contributed by atoms with Crippen molar-refractivity contribution in [2.24, 2.45) is 5.73 Å². The Balaban J connectivity index is 1.71. The maximum Gasteiger partial charge on any atom is 0.320 e. The molecule has 0 amide bonds. The topological polar surface area (TPSA) is 131 Å². The van der Waals surface area contributed by atoms with Crippen LogP contribution < -0.4 is 5.73 Å². The minimum atomic E-state index is -1.03. The third-order valence-electron chi connectivity index (χ3n) is 3.18. The van der Waals surface area contributed by atoms with Crippen LogP contribution in [0.25, 0.3) is 11.0 Å². The number of nitrogens with two attached hydrogens (primary N) is 1. The number of hydrogen-bond acceptors (Lipinski definition) is 7. The summed E-state index contributed by atoms with van der Waals surface area (Å²) in [4.78, 5) is 23.6. The first-order chi connectivity index (χ1) is 11.1. The van der Waals surface area contributed by atoms with E-state index >= 15 is 0 Å². The maximum atomic E-state index is 10.8. The highest BCUT2D eigenvalue weighted by Crippen LogP contribution is 2.25. The van der Waals surface area contributed by atoms with Crippen molar-refractivity contribution in [1.82, 2.24) is 25.1 Å². The van der Waals surface area contributed by atoms with Crippen molar-refractivity contribution in [3.05, 3.63) is 42.1 Å². The molecule has 0 aromatic carbocycles. The first kappa shape index (κ1) is 15.4. The van der Waals surface area contributed by atoms with Crippen LogP contribution >= 0.6 is 11.8 Å². The lowest BCUT2D eigenvalue weighted by Gasteiger charge is -2.07. The molecule has 4 N–H and O–H groups in total. The molecule has 0 fully saturated rings. The molecule has 3 heterocycles. The van der Waals surface area contributed by atoms with Crippen LogP contribution in [0.15, 0.2) is 35.7 Å². The summed E-state index contributed by atoms with van der Waals surface area (Å²) in [5.41, 5.74) is 7.73. The summed E-state index contributed by atoms with van der Waals surface area (Å²) in [6.45, 7) is 0. The second-order valence-electron chi connectivity index (χ2n) is 4.87. The molecule has 1 atom stereocenters. The van der Waals surface area contributed by atoms with Gasteiger partial charge in [0.1, 0.15) is 17.4 Å². The minimum absolute atomic E-state index is 0.202. The number of aromatic nitrogens is 5. The van der Waals surface area contributed by atoms with Gasteiger partial charge in [-0.15, -0.1) is 0 Å². The van der Waals surface area contributed by atoms with E-state index < -0.39 is 12.0 Å². The molecule has 8 nitrogen and oxygen atoms in total. The molecule has 3 aromatic rings. The number of nitrogens with zero attached hydrogens (tertiary/aromatic N) is 4. The van der Waals surface area contributed by atoms with Crippen LogP contribution in [0.3, 0.4) is 0 Å². The fourth-order valence-corrected chi connectivity index (χ4v) is 2.91. The van der Waals surface area contributed by atoms with Crippen LogP contribution in [-0.4, -0.2) is 42.3 Å². The molecule has 0 spiro atoms. The molecule has 23 heavy (non-hydrogen) atoms. The number of fused-ring (bicyclic) bond motifs is 1. The van der Waals surface area contributed by atoms with Crippen LogP contribution in [0, 0.1) is 0 Å². The molecule has 0 aliphatic carbocycles. The lowest BCUT2D eigenvalue weighted by atomic mass is 10.1. The minimum Gasteiger partial charge on any atom is -0.480 e. The second-order valence-corrected chi connectivity index (χ2v) is 5.83. The number of hydrogen-bond donors (Lipinski definition) is 3. The Bertz CT molecular complexity index is 837. The van der Waals surface area contributed by atoms with Gasteiger partial charge in [-0.3, -0.25) is 14.9 Å². The van der Waals surface area contributed by atoms with Gasteiger partial charge in [-0.05, 0) is 12.1 Å². The number of carboxylic acids is 1. The number of rotatable bonds is 6. The van der Waals surface area contributed by atoms with Gasteiger partial charge in [0.15, 0.2) is 5.65 Å². The zero-order chi connectivity index (χ0) is 16.2. The maximum absolute atomic E-state index is 10.8. The number of aliphatic carboxylic acids is 1. The van der Waals surface area contributed by atoms with Crippen LogP contribution in [0.4, 0.5) is 0 Å². The van der Waals surface area contributed by atoms with Gasteiger partial charge in [0.25, 0.3) is 0 Å². The standard InChI is InChI=1S/C14H14N6O2S/c15-11(14(21)22)4-8-2-1-3-9(19-8)6-23-13-10-5-18-20-12(10)16-7-17-13/h1-3,5,7,11H,4,6,15H2,(H,21,22)(H,16,17,18,20). The summed E-state index contributed by atoms with van der Waals surface area (Å²) >= 11 is 1.52. The highest BCUT2D eigenvalue weighted by molar-refractivity contribution is 7.98. The number of nitrogens with one attached hydrogen (secondary N) is 1. The van der Waals surface area contributed by atoms with E-state index in [-0.39, 0.29) is 6.42 Å². The molecule has 0 bridgehead atoms. The molecule has 9 heteroatoms. The molecule has 1 unspecified atom stereocenters. The van der Waals surface area contributed by atoms with E-state index in [0.717, 1.165) is 16.1 Å². The van der Waals surface area contributed by atoms with E-state index in [1.54, 1.807) is 12.3 Å². The highest BCUT2D eigenvalue weighted by Gasteiger charge is 2.13. The summed E-state index contributed by atoms with van der Waals surface area (Å²) in [7, 11) is 0. The van der Waals surface area contributed by atoms with E-state index in [2.05, 4.69) is 25.1 Å². The third kappa shape index (κ3) is 3.63. The second kappa shape index (κ2) is 6.71. The van der Waals surface area contributed by atoms with Gasteiger partial charge in [0.05, 0.1) is 17.3 Å². The van der Waals surface area contributed by atoms with Crippen molar-refractivity contribution in [3.63, 3.8) is 0 Å². The van der Waals surface area contributed by atoms with E-state index in [1.165, 1.54) is 18.1 Å². The van der Waals surface area contributed by atoms with Gasteiger partial charge >= 0.3 is 5.97 Å². The monoisotopic (exact) mass is 330 g/mol. The van der Waals surface area contributed by atoms with Crippen LogP contribution in [0.2, 0.25) is 0 Å².